The van der Waals surface area contributed by atoms with Gasteiger partial charge in [0.2, 0.25) is 5.91 Å². The van der Waals surface area contributed by atoms with Crippen molar-refractivity contribution in [1.82, 2.24) is 0 Å². The predicted molar refractivity (Wildman–Crippen MR) is 114 cm³/mol. The van der Waals surface area contributed by atoms with Crippen LogP contribution in [-0.4, -0.2) is 30.3 Å². The SMILES string of the molecule is COC1=CC([C@@H](C(=O)Nc2cc(CC3(C(=O)O)CC3)ccc2F)[C@@H](C)C(F)(F)F)CC=C1Cl. The van der Waals surface area contributed by atoms with Crippen molar-refractivity contribution in [3.63, 3.8) is 0 Å². The van der Waals surface area contributed by atoms with Crippen LogP contribution in [0.5, 0.6) is 0 Å². The summed E-state index contributed by atoms with van der Waals surface area (Å²) in [7, 11) is 1.32. The van der Waals surface area contributed by atoms with Gasteiger partial charge in [-0.25, -0.2) is 4.39 Å². The Kier molecular flexibility index (Phi) is 7.12. The quantitative estimate of drug-likeness (QED) is 0.462. The summed E-state index contributed by atoms with van der Waals surface area (Å²) in [6, 6.07) is 3.75. The van der Waals surface area contributed by atoms with E-state index in [1.807, 2.05) is 0 Å². The molecule has 3 atom stereocenters. The molecule has 1 fully saturated rings. The Morgan fingerprint density at radius 3 is 2.55 bits per heavy atom. The lowest BCUT2D eigenvalue weighted by atomic mass is 9.77. The minimum absolute atomic E-state index is 0.0772. The maximum atomic E-state index is 14.4. The first-order valence-corrected chi connectivity index (χ1v) is 10.8. The number of nitrogens with one attached hydrogen (secondary N) is 1. The van der Waals surface area contributed by atoms with Crippen molar-refractivity contribution in [3.8, 4) is 0 Å². The van der Waals surface area contributed by atoms with Crippen LogP contribution in [0.15, 0.2) is 41.1 Å². The molecule has 0 spiro atoms. The molecule has 2 aliphatic carbocycles. The second kappa shape index (κ2) is 9.37. The van der Waals surface area contributed by atoms with Gasteiger partial charge in [-0.15, -0.1) is 0 Å². The number of hydrogen-bond acceptors (Lipinski definition) is 3. The third kappa shape index (κ3) is 5.51. The smallest absolute Gasteiger partial charge is 0.392 e. The van der Waals surface area contributed by atoms with Gasteiger partial charge in [0.05, 0.1) is 35.1 Å². The highest BCUT2D eigenvalue weighted by atomic mass is 35.5. The fraction of sp³-hybridized carbons (Fsp3) is 0.478. The monoisotopic (exact) mass is 489 g/mol. The van der Waals surface area contributed by atoms with E-state index in [1.165, 1.54) is 31.4 Å². The molecule has 0 radical (unpaired) electrons. The Bertz CT molecular complexity index is 1000. The Morgan fingerprint density at radius 2 is 2.00 bits per heavy atom. The number of carbonyl (C=O) groups is 2. The number of alkyl halides is 3. The van der Waals surface area contributed by atoms with E-state index in [1.54, 1.807) is 0 Å². The standard InChI is InChI=1S/C23H24ClF4NO4/c1-12(23(26,27)28)19(14-4-5-15(24)18(10-14)33-2)20(30)29-17-9-13(3-6-16(17)25)11-22(7-8-22)21(31)32/h3,5-6,9-10,12,14,19H,4,7-8,11H2,1-2H3,(H,29,30)(H,31,32)/t12-,14?,19+/m1/s1. The summed E-state index contributed by atoms with van der Waals surface area (Å²) in [5.41, 5.74) is -0.735. The van der Waals surface area contributed by atoms with Crippen LogP contribution in [0, 0.1) is 29.0 Å². The van der Waals surface area contributed by atoms with Gasteiger partial charge in [-0.3, -0.25) is 9.59 Å². The van der Waals surface area contributed by atoms with Gasteiger partial charge < -0.3 is 15.2 Å². The van der Waals surface area contributed by atoms with E-state index in [4.69, 9.17) is 16.3 Å². The lowest BCUT2D eigenvalue weighted by Gasteiger charge is -2.32. The fourth-order valence-corrected chi connectivity index (χ4v) is 4.33. The first-order valence-electron chi connectivity index (χ1n) is 10.4. The van der Waals surface area contributed by atoms with Gasteiger partial charge in [-0.1, -0.05) is 30.7 Å². The highest BCUT2D eigenvalue weighted by Gasteiger charge is 2.50. The van der Waals surface area contributed by atoms with E-state index in [-0.39, 0.29) is 29.3 Å². The van der Waals surface area contributed by atoms with Crippen molar-refractivity contribution in [2.75, 3.05) is 12.4 Å². The summed E-state index contributed by atoms with van der Waals surface area (Å²) in [5, 5.41) is 11.9. The molecular formula is C23H24ClF4NO4. The molecule has 1 aromatic carbocycles. The average Bonchev–Trinajstić information content (AvgIpc) is 3.52. The molecule has 0 bridgehead atoms. The lowest BCUT2D eigenvalue weighted by molar-refractivity contribution is -0.188. The number of rotatable bonds is 8. The third-order valence-corrected chi connectivity index (χ3v) is 6.69. The number of aliphatic carboxylic acids is 1. The zero-order valence-corrected chi connectivity index (χ0v) is 18.8. The summed E-state index contributed by atoms with van der Waals surface area (Å²) in [4.78, 5) is 24.5. The highest BCUT2D eigenvalue weighted by molar-refractivity contribution is 6.31. The van der Waals surface area contributed by atoms with E-state index in [9.17, 15) is 32.3 Å². The number of benzene rings is 1. The molecule has 0 heterocycles. The number of hydrogen-bond donors (Lipinski definition) is 2. The third-order valence-electron chi connectivity index (χ3n) is 6.35. The molecule has 2 N–H and O–H groups in total. The van der Waals surface area contributed by atoms with Crippen molar-refractivity contribution in [2.24, 2.45) is 23.2 Å². The van der Waals surface area contributed by atoms with Gasteiger partial charge in [0.15, 0.2) is 0 Å². The minimum Gasteiger partial charge on any atom is -0.496 e. The summed E-state index contributed by atoms with van der Waals surface area (Å²) in [6.07, 6.45) is -0.624. The van der Waals surface area contributed by atoms with Gasteiger partial charge in [0.1, 0.15) is 11.6 Å². The molecule has 0 aromatic heterocycles. The summed E-state index contributed by atoms with van der Waals surface area (Å²) in [6.45, 7) is 0.904. The number of halogens is 5. The maximum Gasteiger partial charge on any atom is 0.392 e. The first kappa shape index (κ1) is 25.1. The molecule has 33 heavy (non-hydrogen) atoms. The van der Waals surface area contributed by atoms with Crippen LogP contribution >= 0.6 is 11.6 Å². The van der Waals surface area contributed by atoms with E-state index in [0.29, 0.717) is 18.4 Å². The van der Waals surface area contributed by atoms with Gasteiger partial charge in [-0.05, 0) is 55.4 Å². The number of carbonyl (C=O) groups excluding carboxylic acids is 1. The Labute approximate surface area is 193 Å². The zero-order valence-electron chi connectivity index (χ0n) is 18.0. The molecule has 0 saturated heterocycles. The van der Waals surface area contributed by atoms with Crippen molar-refractivity contribution in [1.29, 1.82) is 0 Å². The van der Waals surface area contributed by atoms with E-state index in [2.05, 4.69) is 5.32 Å². The molecule has 1 saturated carbocycles. The molecule has 180 valence electrons. The van der Waals surface area contributed by atoms with Crippen LogP contribution in [0.2, 0.25) is 0 Å². The number of carboxylic acid groups (broad SMARTS) is 1. The van der Waals surface area contributed by atoms with Crippen LogP contribution in [0.1, 0.15) is 31.7 Å². The van der Waals surface area contributed by atoms with Gasteiger partial charge in [0.25, 0.3) is 0 Å². The number of ether oxygens (including phenoxy) is 1. The molecule has 10 heteroatoms. The molecule has 1 aromatic rings. The van der Waals surface area contributed by atoms with Crippen LogP contribution < -0.4 is 5.32 Å². The summed E-state index contributed by atoms with van der Waals surface area (Å²) >= 11 is 6.00. The number of allylic oxidation sites excluding steroid dienone is 3. The van der Waals surface area contributed by atoms with E-state index < -0.39 is 47.0 Å². The average molecular weight is 490 g/mol. The van der Waals surface area contributed by atoms with Crippen molar-refractivity contribution >= 4 is 29.2 Å². The number of carboxylic acids is 1. The maximum absolute atomic E-state index is 14.4. The molecule has 2 aliphatic rings. The zero-order chi connectivity index (χ0) is 24.6. The van der Waals surface area contributed by atoms with Crippen LogP contribution in [0.4, 0.5) is 23.2 Å². The van der Waals surface area contributed by atoms with Crippen LogP contribution in [0.3, 0.4) is 0 Å². The minimum atomic E-state index is -4.67. The summed E-state index contributed by atoms with van der Waals surface area (Å²) in [5.74, 6) is -7.11. The van der Waals surface area contributed by atoms with E-state index >= 15 is 0 Å². The van der Waals surface area contributed by atoms with Crippen LogP contribution in [-0.2, 0) is 20.7 Å². The predicted octanol–water partition coefficient (Wildman–Crippen LogP) is 5.66. The van der Waals surface area contributed by atoms with Crippen molar-refractivity contribution in [3.05, 3.63) is 52.5 Å². The molecule has 5 nitrogen and oxygen atoms in total. The van der Waals surface area contributed by atoms with Gasteiger partial charge in [0, 0.05) is 0 Å². The Morgan fingerprint density at radius 1 is 1.33 bits per heavy atom. The molecule has 0 aliphatic heterocycles. The topological polar surface area (TPSA) is 75.6 Å². The Balaban J connectivity index is 1.87. The van der Waals surface area contributed by atoms with Crippen molar-refractivity contribution in [2.45, 2.75) is 38.8 Å². The second-order valence-corrected chi connectivity index (χ2v) is 9.02. The molecule has 1 unspecified atom stereocenters. The number of methoxy groups -OCH3 is 1. The first-order chi connectivity index (χ1) is 15.4. The number of amides is 1. The van der Waals surface area contributed by atoms with Crippen molar-refractivity contribution < 1.29 is 37.0 Å². The largest absolute Gasteiger partial charge is 0.496 e. The fourth-order valence-electron chi connectivity index (χ4n) is 4.10. The number of anilines is 1. The van der Waals surface area contributed by atoms with Gasteiger partial charge >= 0.3 is 12.1 Å². The highest BCUT2D eigenvalue weighted by Crippen LogP contribution is 2.49. The summed E-state index contributed by atoms with van der Waals surface area (Å²) < 4.78 is 60.4. The van der Waals surface area contributed by atoms with Crippen LogP contribution in [0.25, 0.3) is 0 Å². The molecular weight excluding hydrogens is 466 g/mol. The molecule has 3 rings (SSSR count). The normalized spacial score (nSPS) is 21.4. The second-order valence-electron chi connectivity index (χ2n) is 8.61. The van der Waals surface area contributed by atoms with Gasteiger partial charge in [-0.2, -0.15) is 13.2 Å². The van der Waals surface area contributed by atoms with E-state index in [0.717, 1.165) is 13.0 Å². The lowest BCUT2D eigenvalue weighted by Crippen LogP contribution is -2.40. The Hall–Kier alpha value is -2.55. The molecule has 1 amide bonds.